The van der Waals surface area contributed by atoms with E-state index >= 15 is 0 Å². The quantitative estimate of drug-likeness (QED) is 0.878. The number of hydrogen-bond donors (Lipinski definition) is 2. The minimum absolute atomic E-state index is 0.0529. The van der Waals surface area contributed by atoms with Gasteiger partial charge in [-0.1, -0.05) is 20.8 Å². The zero-order valence-corrected chi connectivity index (χ0v) is 13.9. The summed E-state index contributed by atoms with van der Waals surface area (Å²) < 4.78 is 27.6. The Morgan fingerprint density at radius 1 is 1.26 bits per heavy atom. The fourth-order valence-electron chi connectivity index (χ4n) is 2.50. The Bertz CT molecular complexity index is 525. The molecular weight excluding hydrogens is 280 g/mol. The van der Waals surface area contributed by atoms with Crippen LogP contribution in [0.5, 0.6) is 0 Å². The molecule has 0 bridgehead atoms. The summed E-state index contributed by atoms with van der Waals surface area (Å²) in [5, 5.41) is 1.76. The largest absolute Gasteiger partial charge is 0.326 e. The van der Waals surface area contributed by atoms with Crippen molar-refractivity contribution in [1.29, 1.82) is 0 Å². The van der Waals surface area contributed by atoms with Gasteiger partial charge in [0, 0.05) is 17.0 Å². The Balaban J connectivity index is 2.98. The summed E-state index contributed by atoms with van der Waals surface area (Å²) in [6.07, 6.45) is 0.751. The minimum atomic E-state index is -3.51. The van der Waals surface area contributed by atoms with Crippen molar-refractivity contribution in [3.8, 4) is 0 Å². The second-order valence-electron chi connectivity index (χ2n) is 6.64. The molecule has 0 fully saturated rings. The standard InChI is InChI=1S/C13H24N2O2S2/c1-12(2,3)9-13(4,5)15-19(16,17)11-6-7-18-10(11)8-14/h6-7,15H,8-9,14H2,1-5H3. The Labute approximate surface area is 120 Å². The second kappa shape index (κ2) is 5.52. The van der Waals surface area contributed by atoms with Crippen LogP contribution in [0, 0.1) is 5.41 Å². The van der Waals surface area contributed by atoms with E-state index < -0.39 is 15.6 Å². The fraction of sp³-hybridized carbons (Fsp3) is 0.692. The molecule has 0 spiro atoms. The highest BCUT2D eigenvalue weighted by Gasteiger charge is 2.31. The molecule has 1 rings (SSSR count). The lowest BCUT2D eigenvalue weighted by Crippen LogP contribution is -2.45. The third-order valence-corrected chi connectivity index (χ3v) is 5.42. The number of hydrogen-bond acceptors (Lipinski definition) is 4. The topological polar surface area (TPSA) is 72.2 Å². The van der Waals surface area contributed by atoms with E-state index in [1.807, 2.05) is 13.8 Å². The van der Waals surface area contributed by atoms with Crippen molar-refractivity contribution in [2.75, 3.05) is 0 Å². The molecule has 0 aliphatic rings. The van der Waals surface area contributed by atoms with Gasteiger partial charge in [0.25, 0.3) is 0 Å². The first-order chi connectivity index (χ1) is 8.47. The van der Waals surface area contributed by atoms with Gasteiger partial charge in [0.1, 0.15) is 0 Å². The average molecular weight is 304 g/mol. The lowest BCUT2D eigenvalue weighted by molar-refractivity contribution is 0.269. The van der Waals surface area contributed by atoms with E-state index in [-0.39, 0.29) is 12.0 Å². The van der Waals surface area contributed by atoms with Gasteiger partial charge < -0.3 is 5.73 Å². The predicted molar refractivity (Wildman–Crippen MR) is 80.7 cm³/mol. The highest BCUT2D eigenvalue weighted by molar-refractivity contribution is 7.89. The first kappa shape index (κ1) is 16.6. The average Bonchev–Trinajstić information content (AvgIpc) is 2.58. The van der Waals surface area contributed by atoms with Crippen LogP contribution in [0.2, 0.25) is 0 Å². The number of thiophene rings is 1. The van der Waals surface area contributed by atoms with Crippen LogP contribution >= 0.6 is 11.3 Å². The Morgan fingerprint density at radius 3 is 2.32 bits per heavy atom. The summed E-state index contributed by atoms with van der Waals surface area (Å²) in [5.41, 5.74) is 5.13. The van der Waals surface area contributed by atoms with Crippen LogP contribution in [0.15, 0.2) is 16.3 Å². The van der Waals surface area contributed by atoms with Gasteiger partial charge in [0.05, 0.1) is 4.90 Å². The molecule has 0 aliphatic carbocycles. The van der Waals surface area contributed by atoms with Gasteiger partial charge in [-0.2, -0.15) is 0 Å². The molecule has 0 saturated heterocycles. The highest BCUT2D eigenvalue weighted by Crippen LogP contribution is 2.29. The molecule has 4 nitrogen and oxygen atoms in total. The van der Waals surface area contributed by atoms with Gasteiger partial charge in [-0.05, 0) is 37.1 Å². The summed E-state index contributed by atoms with van der Waals surface area (Å²) in [7, 11) is -3.51. The van der Waals surface area contributed by atoms with Gasteiger partial charge in [0.15, 0.2) is 0 Å². The van der Waals surface area contributed by atoms with Gasteiger partial charge in [0.2, 0.25) is 10.0 Å². The summed E-state index contributed by atoms with van der Waals surface area (Å²) in [5.74, 6) is 0. The SMILES string of the molecule is CC(C)(C)CC(C)(C)NS(=O)(=O)c1ccsc1CN. The molecule has 1 aromatic heterocycles. The summed E-state index contributed by atoms with van der Waals surface area (Å²) in [4.78, 5) is 1.00. The van der Waals surface area contributed by atoms with Crippen LogP contribution in [-0.2, 0) is 16.6 Å². The zero-order chi connectivity index (χ0) is 14.9. The van der Waals surface area contributed by atoms with Crippen molar-refractivity contribution < 1.29 is 8.42 Å². The highest BCUT2D eigenvalue weighted by atomic mass is 32.2. The lowest BCUT2D eigenvalue weighted by Gasteiger charge is -2.32. The molecule has 1 aromatic rings. The van der Waals surface area contributed by atoms with Crippen molar-refractivity contribution in [3.05, 3.63) is 16.3 Å². The normalized spacial score (nSPS) is 13.8. The van der Waals surface area contributed by atoms with Crippen LogP contribution in [-0.4, -0.2) is 14.0 Å². The van der Waals surface area contributed by atoms with E-state index in [1.54, 1.807) is 11.4 Å². The number of rotatable bonds is 5. The molecule has 0 atom stereocenters. The summed E-state index contributed by atoms with van der Waals surface area (Å²) in [6.45, 7) is 10.3. The second-order valence-corrected chi connectivity index (χ2v) is 9.29. The number of sulfonamides is 1. The maximum Gasteiger partial charge on any atom is 0.242 e. The summed E-state index contributed by atoms with van der Waals surface area (Å²) >= 11 is 1.37. The van der Waals surface area contributed by atoms with E-state index in [9.17, 15) is 8.42 Å². The minimum Gasteiger partial charge on any atom is -0.326 e. The summed E-state index contributed by atoms with van der Waals surface area (Å²) in [6, 6.07) is 1.61. The lowest BCUT2D eigenvalue weighted by atomic mass is 9.82. The van der Waals surface area contributed by atoms with E-state index in [0.717, 1.165) is 6.42 Å². The van der Waals surface area contributed by atoms with Gasteiger partial charge in [-0.3, -0.25) is 0 Å². The molecule has 0 radical (unpaired) electrons. The molecular formula is C13H24N2O2S2. The van der Waals surface area contributed by atoms with E-state index in [0.29, 0.717) is 9.77 Å². The molecule has 0 amide bonds. The molecule has 19 heavy (non-hydrogen) atoms. The van der Waals surface area contributed by atoms with Crippen molar-refractivity contribution in [2.45, 2.75) is 58.0 Å². The third kappa shape index (κ3) is 4.87. The zero-order valence-electron chi connectivity index (χ0n) is 12.3. The van der Waals surface area contributed by atoms with Gasteiger partial charge in [-0.15, -0.1) is 11.3 Å². The maximum absolute atomic E-state index is 12.4. The fourth-order valence-corrected chi connectivity index (χ4v) is 5.25. The molecule has 3 N–H and O–H groups in total. The van der Waals surface area contributed by atoms with Crippen LogP contribution in [0.4, 0.5) is 0 Å². The van der Waals surface area contributed by atoms with Crippen molar-refractivity contribution in [1.82, 2.24) is 4.72 Å². The van der Waals surface area contributed by atoms with E-state index in [1.165, 1.54) is 11.3 Å². The Hall–Kier alpha value is -0.430. The predicted octanol–water partition coefficient (Wildman–Crippen LogP) is 2.70. The third-order valence-electron chi connectivity index (χ3n) is 2.56. The van der Waals surface area contributed by atoms with Crippen LogP contribution in [0.1, 0.15) is 45.9 Å². The number of nitrogens with two attached hydrogens (primary N) is 1. The molecule has 0 aliphatic heterocycles. The van der Waals surface area contributed by atoms with Crippen molar-refractivity contribution in [2.24, 2.45) is 11.1 Å². The van der Waals surface area contributed by atoms with Crippen molar-refractivity contribution >= 4 is 21.4 Å². The van der Waals surface area contributed by atoms with Crippen LogP contribution in [0.3, 0.4) is 0 Å². The van der Waals surface area contributed by atoms with E-state index in [2.05, 4.69) is 25.5 Å². The Morgan fingerprint density at radius 2 is 1.84 bits per heavy atom. The van der Waals surface area contributed by atoms with Gasteiger partial charge >= 0.3 is 0 Å². The first-order valence-corrected chi connectivity index (χ1v) is 8.64. The van der Waals surface area contributed by atoms with Crippen molar-refractivity contribution in [3.63, 3.8) is 0 Å². The molecule has 1 heterocycles. The molecule has 0 aromatic carbocycles. The molecule has 6 heteroatoms. The number of nitrogens with one attached hydrogen (secondary N) is 1. The monoisotopic (exact) mass is 304 g/mol. The molecule has 110 valence electrons. The Kier molecular flexibility index (Phi) is 4.83. The first-order valence-electron chi connectivity index (χ1n) is 6.27. The van der Waals surface area contributed by atoms with E-state index in [4.69, 9.17) is 5.73 Å². The smallest absolute Gasteiger partial charge is 0.242 e. The molecule has 0 saturated carbocycles. The van der Waals surface area contributed by atoms with Crippen LogP contribution in [0.25, 0.3) is 0 Å². The maximum atomic E-state index is 12.4. The van der Waals surface area contributed by atoms with Crippen LogP contribution < -0.4 is 10.5 Å². The molecule has 0 unspecified atom stereocenters. The van der Waals surface area contributed by atoms with Gasteiger partial charge in [-0.25, -0.2) is 13.1 Å².